The lowest BCUT2D eigenvalue weighted by Crippen LogP contribution is -2.27. The second-order valence-electron chi connectivity index (χ2n) is 7.65. The molecular formula is C26H16ClNO5S. The van der Waals surface area contributed by atoms with Crippen LogP contribution in [0.1, 0.15) is 21.7 Å². The summed E-state index contributed by atoms with van der Waals surface area (Å²) in [7, 11) is 0. The molecule has 2 amide bonds. The Balaban J connectivity index is 1.37. The van der Waals surface area contributed by atoms with Crippen LogP contribution in [0.15, 0.2) is 82.1 Å². The van der Waals surface area contributed by atoms with Crippen molar-refractivity contribution in [1.82, 2.24) is 4.90 Å². The van der Waals surface area contributed by atoms with Crippen LogP contribution in [0, 0.1) is 0 Å². The first-order valence-electron chi connectivity index (χ1n) is 10.2. The average Bonchev–Trinajstić information content (AvgIpc) is 3.39. The van der Waals surface area contributed by atoms with Crippen LogP contribution in [-0.4, -0.2) is 27.1 Å². The normalized spacial score (nSPS) is 15.0. The first-order chi connectivity index (χ1) is 16.4. The second-order valence-corrected chi connectivity index (χ2v) is 9.05. The number of carbonyl (C=O) groups excluding carboxylic acids is 2. The Hall–Kier alpha value is -3.81. The third-order valence-electron chi connectivity index (χ3n) is 5.41. The summed E-state index contributed by atoms with van der Waals surface area (Å²) in [6.45, 7) is 0.174. The number of rotatable bonds is 5. The highest BCUT2D eigenvalue weighted by Gasteiger charge is 2.35. The Morgan fingerprint density at radius 2 is 1.79 bits per heavy atom. The molecule has 2 heterocycles. The lowest BCUT2D eigenvalue weighted by Gasteiger charge is -2.13. The first kappa shape index (κ1) is 22.0. The molecule has 0 saturated carbocycles. The Kier molecular flexibility index (Phi) is 5.73. The summed E-state index contributed by atoms with van der Waals surface area (Å²) < 4.78 is 5.78. The van der Waals surface area contributed by atoms with Crippen molar-refractivity contribution < 1.29 is 23.9 Å². The molecule has 34 heavy (non-hydrogen) atoms. The molecule has 6 nitrogen and oxygen atoms in total. The van der Waals surface area contributed by atoms with Crippen molar-refractivity contribution in [2.75, 3.05) is 0 Å². The molecule has 0 unspecified atom stereocenters. The minimum Gasteiger partial charge on any atom is -0.478 e. The quantitative estimate of drug-likeness (QED) is 0.314. The van der Waals surface area contributed by atoms with Gasteiger partial charge in [0.2, 0.25) is 0 Å². The van der Waals surface area contributed by atoms with E-state index in [1.807, 2.05) is 42.5 Å². The Morgan fingerprint density at radius 1 is 1.00 bits per heavy atom. The predicted molar refractivity (Wildman–Crippen MR) is 132 cm³/mol. The summed E-state index contributed by atoms with van der Waals surface area (Å²) >= 11 is 7.06. The number of hydrogen-bond acceptors (Lipinski definition) is 5. The van der Waals surface area contributed by atoms with E-state index in [0.717, 1.165) is 28.1 Å². The highest BCUT2D eigenvalue weighted by Crippen LogP contribution is 2.35. The first-order valence-corrected chi connectivity index (χ1v) is 11.4. The number of fused-ring (bicyclic) bond motifs is 1. The van der Waals surface area contributed by atoms with E-state index in [-0.39, 0.29) is 22.3 Å². The van der Waals surface area contributed by atoms with Gasteiger partial charge in [-0.25, -0.2) is 4.79 Å². The zero-order valence-corrected chi connectivity index (χ0v) is 19.1. The number of amides is 2. The molecule has 1 fully saturated rings. The van der Waals surface area contributed by atoms with Crippen molar-refractivity contribution in [3.63, 3.8) is 0 Å². The summed E-state index contributed by atoms with van der Waals surface area (Å²) in [4.78, 5) is 38.2. The van der Waals surface area contributed by atoms with Crippen LogP contribution in [0.4, 0.5) is 4.79 Å². The summed E-state index contributed by atoms with van der Waals surface area (Å²) in [6.07, 6.45) is 1.50. The molecule has 0 radical (unpaired) electrons. The summed E-state index contributed by atoms with van der Waals surface area (Å²) in [5.41, 5.74) is 1.35. The molecule has 1 N–H and O–H groups in total. The van der Waals surface area contributed by atoms with Gasteiger partial charge in [-0.2, -0.15) is 0 Å². The van der Waals surface area contributed by atoms with Gasteiger partial charge in [0.25, 0.3) is 11.1 Å². The van der Waals surface area contributed by atoms with Crippen molar-refractivity contribution in [2.45, 2.75) is 6.54 Å². The number of imide groups is 1. The van der Waals surface area contributed by atoms with E-state index < -0.39 is 11.9 Å². The van der Waals surface area contributed by atoms with Crippen LogP contribution in [-0.2, 0) is 11.3 Å². The standard InChI is InChI=1S/C26H16ClNO5S/c27-21-9-7-18(25(30)31)12-20(21)22-10-8-19(33-22)13-23-24(29)28(26(32)34-23)14-15-5-6-16-3-1-2-4-17(16)11-15/h1-13H,14H2,(H,30,31)/b23-13-. The van der Waals surface area contributed by atoms with Gasteiger partial charge in [0.15, 0.2) is 0 Å². The lowest BCUT2D eigenvalue weighted by atomic mass is 10.1. The smallest absolute Gasteiger partial charge is 0.335 e. The number of aromatic carboxylic acids is 1. The molecule has 1 saturated heterocycles. The maximum atomic E-state index is 12.9. The highest BCUT2D eigenvalue weighted by molar-refractivity contribution is 8.18. The molecular weight excluding hydrogens is 474 g/mol. The van der Waals surface area contributed by atoms with Gasteiger partial charge in [-0.3, -0.25) is 14.5 Å². The predicted octanol–water partition coefficient (Wildman–Crippen LogP) is 6.69. The second kappa shape index (κ2) is 8.85. The van der Waals surface area contributed by atoms with E-state index in [1.165, 1.54) is 29.2 Å². The molecule has 1 aliphatic heterocycles. The molecule has 0 spiro atoms. The maximum absolute atomic E-state index is 12.9. The zero-order valence-electron chi connectivity index (χ0n) is 17.5. The number of hydrogen-bond donors (Lipinski definition) is 1. The molecule has 168 valence electrons. The van der Waals surface area contributed by atoms with Crippen molar-refractivity contribution in [2.24, 2.45) is 0 Å². The van der Waals surface area contributed by atoms with Gasteiger partial charge in [0.05, 0.1) is 22.0 Å². The minimum absolute atomic E-state index is 0.0761. The number of halogens is 1. The van der Waals surface area contributed by atoms with E-state index in [9.17, 15) is 19.5 Å². The third-order valence-corrected chi connectivity index (χ3v) is 6.64. The van der Waals surface area contributed by atoms with Gasteiger partial charge in [0, 0.05) is 11.6 Å². The van der Waals surface area contributed by atoms with E-state index in [0.29, 0.717) is 22.1 Å². The molecule has 8 heteroatoms. The highest BCUT2D eigenvalue weighted by atomic mass is 35.5. The molecule has 1 aromatic heterocycles. The lowest BCUT2D eigenvalue weighted by molar-refractivity contribution is -0.123. The molecule has 1 aliphatic rings. The fourth-order valence-electron chi connectivity index (χ4n) is 3.71. The van der Waals surface area contributed by atoms with Gasteiger partial charge in [-0.05, 0) is 64.5 Å². The topological polar surface area (TPSA) is 87.8 Å². The van der Waals surface area contributed by atoms with E-state index in [4.69, 9.17) is 16.0 Å². The molecule has 0 bridgehead atoms. The summed E-state index contributed by atoms with van der Waals surface area (Å²) in [5.74, 6) is -0.769. The van der Waals surface area contributed by atoms with Gasteiger partial charge in [0.1, 0.15) is 11.5 Å². The van der Waals surface area contributed by atoms with Crippen molar-refractivity contribution >= 4 is 57.3 Å². The van der Waals surface area contributed by atoms with E-state index in [2.05, 4.69) is 0 Å². The number of carboxylic acid groups (broad SMARTS) is 1. The monoisotopic (exact) mass is 489 g/mol. The van der Waals surface area contributed by atoms with Crippen LogP contribution in [0.2, 0.25) is 5.02 Å². The Morgan fingerprint density at radius 3 is 2.59 bits per heavy atom. The van der Waals surface area contributed by atoms with Crippen LogP contribution < -0.4 is 0 Å². The fourth-order valence-corrected chi connectivity index (χ4v) is 4.74. The minimum atomic E-state index is -1.08. The molecule has 0 atom stereocenters. The zero-order chi connectivity index (χ0) is 23.8. The maximum Gasteiger partial charge on any atom is 0.335 e. The van der Waals surface area contributed by atoms with Crippen LogP contribution >= 0.6 is 23.4 Å². The molecule has 4 aromatic rings. The molecule has 3 aromatic carbocycles. The summed E-state index contributed by atoms with van der Waals surface area (Å²) in [5, 5.41) is 11.3. The Labute approximate surface area is 203 Å². The Bertz CT molecular complexity index is 1510. The number of carbonyl (C=O) groups is 3. The number of carboxylic acids is 1. The van der Waals surface area contributed by atoms with Crippen molar-refractivity contribution in [3.8, 4) is 11.3 Å². The van der Waals surface area contributed by atoms with Gasteiger partial charge in [-0.15, -0.1) is 0 Å². The molecule has 0 aliphatic carbocycles. The van der Waals surface area contributed by atoms with Crippen molar-refractivity contribution in [3.05, 3.63) is 99.6 Å². The third kappa shape index (κ3) is 4.23. The summed E-state index contributed by atoms with van der Waals surface area (Å²) in [6, 6.07) is 21.3. The van der Waals surface area contributed by atoms with Crippen molar-refractivity contribution in [1.29, 1.82) is 0 Å². The number of furan rings is 1. The number of thioether (sulfide) groups is 1. The largest absolute Gasteiger partial charge is 0.478 e. The number of nitrogens with zero attached hydrogens (tertiary/aromatic N) is 1. The van der Waals surface area contributed by atoms with E-state index in [1.54, 1.807) is 12.1 Å². The van der Waals surface area contributed by atoms with Crippen LogP contribution in [0.25, 0.3) is 28.2 Å². The van der Waals surface area contributed by atoms with Crippen LogP contribution in [0.5, 0.6) is 0 Å². The number of benzene rings is 3. The van der Waals surface area contributed by atoms with Gasteiger partial charge < -0.3 is 9.52 Å². The fraction of sp³-hybridized carbons (Fsp3) is 0.0385. The van der Waals surface area contributed by atoms with Gasteiger partial charge in [-0.1, -0.05) is 48.0 Å². The average molecular weight is 490 g/mol. The van der Waals surface area contributed by atoms with Gasteiger partial charge >= 0.3 is 5.97 Å². The molecule has 5 rings (SSSR count). The van der Waals surface area contributed by atoms with Crippen LogP contribution in [0.3, 0.4) is 0 Å². The van der Waals surface area contributed by atoms with E-state index >= 15 is 0 Å². The SMILES string of the molecule is O=C(O)c1ccc(Cl)c(-c2ccc(/C=C3\SC(=O)N(Cc4ccc5ccccc5c4)C3=O)o2)c1.